The van der Waals surface area contributed by atoms with Gasteiger partial charge in [-0.25, -0.2) is 4.39 Å². The molecule has 1 fully saturated rings. The first-order valence-corrected chi connectivity index (χ1v) is 9.23. The SMILES string of the molecule is COc1cc(-c2nnc(-c3ccc(N4CCCC4)cc3)s2)cc(F)c1O. The third-order valence-electron chi connectivity index (χ3n) is 4.51. The fraction of sp³-hybridized carbons (Fsp3) is 0.263. The van der Waals surface area contributed by atoms with Gasteiger partial charge in [-0.3, -0.25) is 0 Å². The van der Waals surface area contributed by atoms with Crippen LogP contribution in [0.2, 0.25) is 0 Å². The number of hydrogen-bond acceptors (Lipinski definition) is 6. The Labute approximate surface area is 154 Å². The van der Waals surface area contributed by atoms with Gasteiger partial charge in [0.15, 0.2) is 17.3 Å². The van der Waals surface area contributed by atoms with E-state index in [1.165, 1.54) is 43.0 Å². The Morgan fingerprint density at radius 1 is 1.04 bits per heavy atom. The predicted octanol–water partition coefficient (Wildman–Crippen LogP) is 4.33. The quantitative estimate of drug-likeness (QED) is 0.740. The number of ether oxygens (including phenoxy) is 1. The Balaban J connectivity index is 1.61. The average Bonchev–Trinajstić information content (AvgIpc) is 3.36. The monoisotopic (exact) mass is 371 g/mol. The van der Waals surface area contributed by atoms with Crippen LogP contribution in [0.15, 0.2) is 36.4 Å². The molecule has 3 aromatic rings. The van der Waals surface area contributed by atoms with Gasteiger partial charge in [0.25, 0.3) is 0 Å². The number of phenolic OH excluding ortho intramolecular Hbond substituents is 1. The molecule has 134 valence electrons. The minimum Gasteiger partial charge on any atom is -0.502 e. The van der Waals surface area contributed by atoms with Crippen molar-refractivity contribution in [3.05, 3.63) is 42.2 Å². The van der Waals surface area contributed by atoms with E-state index in [0.717, 1.165) is 23.7 Å². The average molecular weight is 371 g/mol. The molecule has 5 nitrogen and oxygen atoms in total. The van der Waals surface area contributed by atoms with Crippen LogP contribution in [0.3, 0.4) is 0 Å². The number of halogens is 1. The minimum absolute atomic E-state index is 0.0757. The molecule has 0 radical (unpaired) electrons. The fourth-order valence-electron chi connectivity index (χ4n) is 3.10. The first-order valence-electron chi connectivity index (χ1n) is 8.41. The molecule has 7 heteroatoms. The van der Waals surface area contributed by atoms with Crippen LogP contribution in [0.1, 0.15) is 12.8 Å². The highest BCUT2D eigenvalue weighted by Crippen LogP contribution is 2.37. The van der Waals surface area contributed by atoms with Gasteiger partial charge in [-0.2, -0.15) is 0 Å². The Morgan fingerprint density at radius 2 is 1.69 bits per heavy atom. The molecule has 1 aliphatic rings. The summed E-state index contributed by atoms with van der Waals surface area (Å²) in [5.74, 6) is -1.17. The smallest absolute Gasteiger partial charge is 0.194 e. The number of benzene rings is 2. The first kappa shape index (κ1) is 16.8. The second-order valence-electron chi connectivity index (χ2n) is 6.16. The summed E-state index contributed by atoms with van der Waals surface area (Å²) in [7, 11) is 1.38. The zero-order valence-corrected chi connectivity index (χ0v) is 15.1. The number of aromatic hydroxyl groups is 1. The largest absolute Gasteiger partial charge is 0.502 e. The normalized spacial score (nSPS) is 14.0. The summed E-state index contributed by atoms with van der Waals surface area (Å²) in [5, 5.41) is 19.4. The van der Waals surface area contributed by atoms with Crippen LogP contribution < -0.4 is 9.64 Å². The van der Waals surface area contributed by atoms with Crippen molar-refractivity contribution < 1.29 is 14.2 Å². The van der Waals surface area contributed by atoms with Crippen LogP contribution in [-0.2, 0) is 0 Å². The molecule has 4 rings (SSSR count). The van der Waals surface area contributed by atoms with Gasteiger partial charge in [0.1, 0.15) is 10.0 Å². The zero-order chi connectivity index (χ0) is 18.1. The van der Waals surface area contributed by atoms with Crippen molar-refractivity contribution in [2.75, 3.05) is 25.1 Å². The van der Waals surface area contributed by atoms with E-state index in [-0.39, 0.29) is 5.75 Å². The highest BCUT2D eigenvalue weighted by atomic mass is 32.1. The van der Waals surface area contributed by atoms with Gasteiger partial charge in [0.05, 0.1) is 7.11 Å². The second-order valence-corrected chi connectivity index (χ2v) is 7.14. The molecule has 1 aromatic heterocycles. The minimum atomic E-state index is -0.744. The van der Waals surface area contributed by atoms with Gasteiger partial charge in [0.2, 0.25) is 0 Å². The van der Waals surface area contributed by atoms with Gasteiger partial charge in [-0.05, 0) is 49.2 Å². The Hall–Kier alpha value is -2.67. The predicted molar refractivity (Wildman–Crippen MR) is 100 cm³/mol. The Morgan fingerprint density at radius 3 is 2.35 bits per heavy atom. The van der Waals surface area contributed by atoms with Crippen LogP contribution in [0.4, 0.5) is 10.1 Å². The van der Waals surface area contributed by atoms with E-state index in [9.17, 15) is 9.50 Å². The maximum absolute atomic E-state index is 13.9. The van der Waals surface area contributed by atoms with Crippen molar-refractivity contribution in [1.29, 1.82) is 0 Å². The summed E-state index contributed by atoms with van der Waals surface area (Å²) in [5.41, 5.74) is 2.72. The van der Waals surface area contributed by atoms with Crippen molar-refractivity contribution in [3.8, 4) is 32.6 Å². The summed E-state index contributed by atoms with van der Waals surface area (Å²) in [6.45, 7) is 2.22. The molecule has 0 amide bonds. The molecular weight excluding hydrogens is 353 g/mol. The maximum Gasteiger partial charge on any atom is 0.194 e. The molecule has 26 heavy (non-hydrogen) atoms. The number of methoxy groups -OCH3 is 1. The first-order chi connectivity index (χ1) is 12.7. The van der Waals surface area contributed by atoms with Crippen molar-refractivity contribution in [1.82, 2.24) is 10.2 Å². The summed E-state index contributed by atoms with van der Waals surface area (Å²) >= 11 is 1.37. The maximum atomic E-state index is 13.9. The third kappa shape index (κ3) is 3.10. The van der Waals surface area contributed by atoms with E-state index >= 15 is 0 Å². The standard InChI is InChI=1S/C19H18FN3O2S/c1-25-16-11-13(10-15(20)17(16)24)19-22-21-18(26-19)12-4-6-14(7-5-12)23-8-2-3-9-23/h4-7,10-11,24H,2-3,8-9H2,1H3. The van der Waals surface area contributed by atoms with E-state index in [0.29, 0.717) is 10.6 Å². The van der Waals surface area contributed by atoms with Crippen molar-refractivity contribution in [2.24, 2.45) is 0 Å². The zero-order valence-electron chi connectivity index (χ0n) is 14.3. The summed E-state index contributed by atoms with van der Waals surface area (Å²) in [6.07, 6.45) is 2.49. The van der Waals surface area contributed by atoms with Crippen molar-refractivity contribution in [2.45, 2.75) is 12.8 Å². The topological polar surface area (TPSA) is 58.5 Å². The lowest BCUT2D eigenvalue weighted by atomic mass is 10.2. The molecule has 0 atom stereocenters. The van der Waals surface area contributed by atoms with Crippen LogP contribution in [0.25, 0.3) is 21.1 Å². The molecule has 0 aliphatic carbocycles. The number of hydrogen-bond donors (Lipinski definition) is 1. The van der Waals surface area contributed by atoms with Crippen LogP contribution in [0, 0.1) is 5.82 Å². The lowest BCUT2D eigenvalue weighted by Crippen LogP contribution is -2.17. The summed E-state index contributed by atoms with van der Waals surface area (Å²) in [6, 6.07) is 11.1. The van der Waals surface area contributed by atoms with E-state index < -0.39 is 11.6 Å². The molecule has 0 saturated carbocycles. The molecule has 0 spiro atoms. The molecule has 1 N–H and O–H groups in total. The van der Waals surface area contributed by atoms with E-state index in [2.05, 4.69) is 27.2 Å². The number of nitrogens with zero attached hydrogens (tertiary/aromatic N) is 3. The second kappa shape index (κ2) is 6.92. The highest BCUT2D eigenvalue weighted by Gasteiger charge is 2.16. The summed E-state index contributed by atoms with van der Waals surface area (Å²) < 4.78 is 18.9. The van der Waals surface area contributed by atoms with Gasteiger partial charge in [-0.15, -0.1) is 10.2 Å². The molecule has 1 aliphatic heterocycles. The van der Waals surface area contributed by atoms with Gasteiger partial charge < -0.3 is 14.7 Å². The van der Waals surface area contributed by atoms with E-state index in [4.69, 9.17) is 4.74 Å². The fourth-order valence-corrected chi connectivity index (χ4v) is 3.94. The third-order valence-corrected chi connectivity index (χ3v) is 5.53. The lowest BCUT2D eigenvalue weighted by molar-refractivity contribution is 0.357. The number of anilines is 1. The van der Waals surface area contributed by atoms with E-state index in [1.807, 2.05) is 12.1 Å². The van der Waals surface area contributed by atoms with Crippen molar-refractivity contribution >= 4 is 17.0 Å². The van der Waals surface area contributed by atoms with Crippen LogP contribution in [0.5, 0.6) is 11.5 Å². The van der Waals surface area contributed by atoms with Crippen LogP contribution in [-0.4, -0.2) is 35.5 Å². The molecule has 0 bridgehead atoms. The number of phenols is 1. The summed E-state index contributed by atoms with van der Waals surface area (Å²) in [4.78, 5) is 2.38. The van der Waals surface area contributed by atoms with E-state index in [1.54, 1.807) is 6.07 Å². The molecule has 2 aromatic carbocycles. The molecule has 0 unspecified atom stereocenters. The highest BCUT2D eigenvalue weighted by molar-refractivity contribution is 7.17. The lowest BCUT2D eigenvalue weighted by Gasteiger charge is -2.17. The Kier molecular flexibility index (Phi) is 4.46. The Bertz CT molecular complexity index is 921. The van der Waals surface area contributed by atoms with Gasteiger partial charge >= 0.3 is 0 Å². The van der Waals surface area contributed by atoms with Gasteiger partial charge in [-0.1, -0.05) is 11.3 Å². The van der Waals surface area contributed by atoms with Gasteiger partial charge in [0, 0.05) is 29.9 Å². The number of aromatic nitrogens is 2. The number of rotatable bonds is 4. The van der Waals surface area contributed by atoms with Crippen LogP contribution >= 0.6 is 11.3 Å². The molecular formula is C19H18FN3O2S. The molecule has 2 heterocycles. The van der Waals surface area contributed by atoms with Crippen molar-refractivity contribution in [3.63, 3.8) is 0 Å². The molecule has 1 saturated heterocycles.